The summed E-state index contributed by atoms with van der Waals surface area (Å²) < 4.78 is 0. The highest BCUT2D eigenvalue weighted by molar-refractivity contribution is 6.30. The molecule has 1 atom stereocenters. The Labute approximate surface area is 158 Å². The monoisotopic (exact) mass is 371 g/mol. The highest BCUT2D eigenvalue weighted by Crippen LogP contribution is 2.33. The third kappa shape index (κ3) is 4.35. The van der Waals surface area contributed by atoms with Crippen LogP contribution in [0.25, 0.3) is 0 Å². The Morgan fingerprint density at radius 2 is 1.85 bits per heavy atom. The fourth-order valence-corrected chi connectivity index (χ4v) is 3.31. The average molecular weight is 372 g/mol. The van der Waals surface area contributed by atoms with E-state index in [4.69, 9.17) is 11.6 Å². The van der Waals surface area contributed by atoms with Gasteiger partial charge in [0.25, 0.3) is 5.91 Å². The van der Waals surface area contributed by atoms with Gasteiger partial charge in [0.15, 0.2) is 0 Å². The first-order valence-electron chi connectivity index (χ1n) is 8.69. The van der Waals surface area contributed by atoms with Gasteiger partial charge in [0, 0.05) is 22.3 Å². The van der Waals surface area contributed by atoms with Crippen molar-refractivity contribution < 1.29 is 9.59 Å². The van der Waals surface area contributed by atoms with Gasteiger partial charge >= 0.3 is 6.03 Å². The molecular formula is C20H22ClN3O2. The van der Waals surface area contributed by atoms with E-state index < -0.39 is 0 Å². The number of carbonyl (C=O) groups is 2. The number of aryl methyl sites for hydroxylation is 1. The van der Waals surface area contributed by atoms with E-state index in [1.54, 1.807) is 24.3 Å². The minimum Gasteiger partial charge on any atom is -0.345 e. The van der Waals surface area contributed by atoms with E-state index >= 15 is 0 Å². The molecule has 0 saturated carbocycles. The molecule has 3 rings (SSSR count). The van der Waals surface area contributed by atoms with Crippen molar-refractivity contribution in [1.82, 2.24) is 10.6 Å². The summed E-state index contributed by atoms with van der Waals surface area (Å²) in [4.78, 5) is 24.2. The highest BCUT2D eigenvalue weighted by atomic mass is 35.5. The van der Waals surface area contributed by atoms with E-state index in [-0.39, 0.29) is 24.0 Å². The maximum Gasteiger partial charge on any atom is 0.319 e. The molecule has 0 bridgehead atoms. The molecule has 1 unspecified atom stereocenters. The zero-order valence-corrected chi connectivity index (χ0v) is 15.6. The first kappa shape index (κ1) is 18.3. The SMILES string of the molecule is CC(C)NC(=O)Nc1ccc(C(=O)NC2CCc3cc(Cl)ccc32)cc1. The van der Waals surface area contributed by atoms with Crippen molar-refractivity contribution in [1.29, 1.82) is 0 Å². The van der Waals surface area contributed by atoms with Crippen molar-refractivity contribution in [3.63, 3.8) is 0 Å². The summed E-state index contributed by atoms with van der Waals surface area (Å²) in [5.74, 6) is -0.129. The maximum atomic E-state index is 12.5. The second kappa shape index (κ2) is 7.79. The molecule has 5 nitrogen and oxygen atoms in total. The summed E-state index contributed by atoms with van der Waals surface area (Å²) >= 11 is 6.03. The van der Waals surface area contributed by atoms with E-state index in [2.05, 4.69) is 16.0 Å². The molecule has 0 heterocycles. The Balaban J connectivity index is 1.62. The lowest BCUT2D eigenvalue weighted by Crippen LogP contribution is -2.34. The summed E-state index contributed by atoms with van der Waals surface area (Å²) in [5, 5.41) is 9.29. The summed E-state index contributed by atoms with van der Waals surface area (Å²) in [6.45, 7) is 3.78. The highest BCUT2D eigenvalue weighted by Gasteiger charge is 2.24. The Kier molecular flexibility index (Phi) is 5.47. The molecule has 1 aliphatic carbocycles. The molecule has 3 amide bonds. The molecule has 136 valence electrons. The Bertz CT molecular complexity index is 818. The second-order valence-corrected chi connectivity index (χ2v) is 7.17. The zero-order chi connectivity index (χ0) is 18.7. The van der Waals surface area contributed by atoms with E-state index in [1.165, 1.54) is 5.56 Å². The number of rotatable bonds is 4. The van der Waals surface area contributed by atoms with Gasteiger partial charge in [-0.3, -0.25) is 4.79 Å². The van der Waals surface area contributed by atoms with Crippen molar-refractivity contribution >= 4 is 29.2 Å². The molecular weight excluding hydrogens is 350 g/mol. The number of hydrogen-bond acceptors (Lipinski definition) is 2. The van der Waals surface area contributed by atoms with Gasteiger partial charge in [-0.15, -0.1) is 0 Å². The van der Waals surface area contributed by atoms with Crippen LogP contribution in [0, 0.1) is 0 Å². The van der Waals surface area contributed by atoms with Gasteiger partial charge in [0.2, 0.25) is 0 Å². The van der Waals surface area contributed by atoms with Crippen molar-refractivity contribution in [2.24, 2.45) is 0 Å². The maximum absolute atomic E-state index is 12.5. The molecule has 2 aromatic rings. The van der Waals surface area contributed by atoms with E-state index in [0.717, 1.165) is 23.4 Å². The molecule has 1 aliphatic rings. The number of halogens is 1. The van der Waals surface area contributed by atoms with Crippen molar-refractivity contribution in [3.8, 4) is 0 Å². The van der Waals surface area contributed by atoms with Crippen LogP contribution in [-0.2, 0) is 6.42 Å². The second-order valence-electron chi connectivity index (χ2n) is 6.74. The van der Waals surface area contributed by atoms with E-state index in [1.807, 2.05) is 32.0 Å². The smallest absolute Gasteiger partial charge is 0.319 e. The van der Waals surface area contributed by atoms with Gasteiger partial charge < -0.3 is 16.0 Å². The number of benzene rings is 2. The van der Waals surface area contributed by atoms with Gasteiger partial charge in [0.1, 0.15) is 0 Å². The third-order valence-corrected chi connectivity index (χ3v) is 4.55. The molecule has 0 fully saturated rings. The van der Waals surface area contributed by atoms with Crippen LogP contribution >= 0.6 is 11.6 Å². The molecule has 0 radical (unpaired) electrons. The number of hydrogen-bond donors (Lipinski definition) is 3. The normalized spacial score (nSPS) is 15.5. The van der Waals surface area contributed by atoms with Crippen LogP contribution < -0.4 is 16.0 Å². The first-order chi connectivity index (χ1) is 12.4. The molecule has 0 saturated heterocycles. The first-order valence-corrected chi connectivity index (χ1v) is 9.07. The van der Waals surface area contributed by atoms with E-state index in [0.29, 0.717) is 11.3 Å². The quantitative estimate of drug-likeness (QED) is 0.750. The summed E-state index contributed by atoms with van der Waals surface area (Å²) in [7, 11) is 0. The van der Waals surface area contributed by atoms with Crippen LogP contribution in [0.15, 0.2) is 42.5 Å². The molecule has 0 aliphatic heterocycles. The minimum atomic E-state index is -0.265. The summed E-state index contributed by atoms with van der Waals surface area (Å²) in [6.07, 6.45) is 1.78. The number of fused-ring (bicyclic) bond motifs is 1. The van der Waals surface area contributed by atoms with Crippen LogP contribution in [0.3, 0.4) is 0 Å². The number of nitrogens with one attached hydrogen (secondary N) is 3. The predicted molar refractivity (Wildman–Crippen MR) is 104 cm³/mol. The summed E-state index contributed by atoms with van der Waals surface area (Å²) in [5.41, 5.74) is 3.52. The molecule has 3 N–H and O–H groups in total. The standard InChI is InChI=1S/C20H22ClN3O2/c1-12(2)22-20(26)23-16-7-3-13(4-8-16)19(25)24-18-10-5-14-11-15(21)6-9-17(14)18/h3-4,6-9,11-12,18H,5,10H2,1-2H3,(H,24,25)(H2,22,23,26). The largest absolute Gasteiger partial charge is 0.345 e. The van der Waals surface area contributed by atoms with Crippen molar-refractivity contribution in [2.75, 3.05) is 5.32 Å². The van der Waals surface area contributed by atoms with Crippen LogP contribution in [0.5, 0.6) is 0 Å². The van der Waals surface area contributed by atoms with Gasteiger partial charge in [-0.2, -0.15) is 0 Å². The van der Waals surface area contributed by atoms with E-state index in [9.17, 15) is 9.59 Å². The number of carbonyl (C=O) groups excluding carboxylic acids is 2. The Morgan fingerprint density at radius 3 is 2.54 bits per heavy atom. The molecule has 6 heteroatoms. The topological polar surface area (TPSA) is 70.2 Å². The van der Waals surface area contributed by atoms with Crippen LogP contribution in [0.1, 0.15) is 47.8 Å². The van der Waals surface area contributed by atoms with Crippen LogP contribution in [0.2, 0.25) is 5.02 Å². The van der Waals surface area contributed by atoms with Gasteiger partial charge in [-0.1, -0.05) is 17.7 Å². The average Bonchev–Trinajstić information content (AvgIpc) is 2.96. The van der Waals surface area contributed by atoms with Crippen LogP contribution in [-0.4, -0.2) is 18.0 Å². The summed E-state index contributed by atoms with van der Waals surface area (Å²) in [6, 6.07) is 12.5. The number of amides is 3. The third-order valence-electron chi connectivity index (χ3n) is 4.31. The number of anilines is 1. The fourth-order valence-electron chi connectivity index (χ4n) is 3.11. The lowest BCUT2D eigenvalue weighted by Gasteiger charge is -2.15. The van der Waals surface area contributed by atoms with Crippen molar-refractivity contribution in [3.05, 3.63) is 64.2 Å². The van der Waals surface area contributed by atoms with Crippen molar-refractivity contribution in [2.45, 2.75) is 38.8 Å². The Morgan fingerprint density at radius 1 is 1.12 bits per heavy atom. The molecule has 2 aromatic carbocycles. The molecule has 26 heavy (non-hydrogen) atoms. The Hall–Kier alpha value is -2.53. The number of urea groups is 1. The van der Waals surface area contributed by atoms with Gasteiger partial charge in [0.05, 0.1) is 6.04 Å². The molecule has 0 aromatic heterocycles. The fraction of sp³-hybridized carbons (Fsp3) is 0.300. The lowest BCUT2D eigenvalue weighted by atomic mass is 10.1. The zero-order valence-electron chi connectivity index (χ0n) is 14.8. The van der Waals surface area contributed by atoms with Gasteiger partial charge in [-0.05, 0) is 74.2 Å². The lowest BCUT2D eigenvalue weighted by molar-refractivity contribution is 0.0936. The van der Waals surface area contributed by atoms with Gasteiger partial charge in [-0.25, -0.2) is 4.79 Å². The predicted octanol–water partition coefficient (Wildman–Crippen LogP) is 4.29. The molecule has 0 spiro atoms. The van der Waals surface area contributed by atoms with Crippen LogP contribution in [0.4, 0.5) is 10.5 Å². The minimum absolute atomic E-state index is 0.00406.